The highest BCUT2D eigenvalue weighted by Gasteiger charge is 2.79. The van der Waals surface area contributed by atoms with E-state index in [1.165, 1.54) is 30.5 Å². The number of hydrogen-bond donors (Lipinski definition) is 1. The van der Waals surface area contributed by atoms with Crippen molar-refractivity contribution in [3.05, 3.63) is 35.4 Å². The highest BCUT2D eigenvalue weighted by atomic mass is 16.6. The second kappa shape index (κ2) is 5.31. The van der Waals surface area contributed by atoms with Crippen LogP contribution in [0.4, 0.5) is 0 Å². The van der Waals surface area contributed by atoms with Gasteiger partial charge in [-0.25, -0.2) is 0 Å². The zero-order valence-corrected chi connectivity index (χ0v) is 17.7. The van der Waals surface area contributed by atoms with Crippen molar-refractivity contribution in [3.8, 4) is 11.5 Å². The van der Waals surface area contributed by atoms with Crippen molar-refractivity contribution < 1.29 is 19.4 Å². The molecule has 1 aromatic carbocycles. The Labute approximate surface area is 177 Å². The van der Waals surface area contributed by atoms with Crippen LogP contribution in [0, 0.1) is 17.3 Å². The molecule has 30 heavy (non-hydrogen) atoms. The number of fused-ring (bicyclic) bond motifs is 1. The van der Waals surface area contributed by atoms with Crippen molar-refractivity contribution >= 4 is 5.78 Å². The molecular formula is C25H29NO4. The van der Waals surface area contributed by atoms with Crippen molar-refractivity contribution in [1.29, 1.82) is 0 Å². The van der Waals surface area contributed by atoms with E-state index in [-0.39, 0.29) is 34.4 Å². The van der Waals surface area contributed by atoms with Gasteiger partial charge in [-0.05, 0) is 63.1 Å². The standard InChI is InChI=1S/C25H29NO4/c1-14(27)17-12-23-7-8-25(17,29-2)22-24(23)9-10-26(13-15-3-4-15)19(23)11-16-5-6-18(28)21(30-22)20(16)24/h5-8,15,17,19,22,28H,3-4,9-13H2,1-2H3/t17-,19?,22+,23+,24-,25+/m0/s1. The van der Waals surface area contributed by atoms with E-state index in [0.29, 0.717) is 11.8 Å². The van der Waals surface area contributed by atoms with Crippen molar-refractivity contribution in [3.63, 3.8) is 0 Å². The van der Waals surface area contributed by atoms with Gasteiger partial charge < -0.3 is 14.6 Å². The van der Waals surface area contributed by atoms with E-state index >= 15 is 0 Å². The number of hydrogen-bond acceptors (Lipinski definition) is 5. The summed E-state index contributed by atoms with van der Waals surface area (Å²) in [5.41, 5.74) is 1.39. The molecule has 0 amide bonds. The molecule has 5 nitrogen and oxygen atoms in total. The van der Waals surface area contributed by atoms with E-state index in [9.17, 15) is 9.90 Å². The molecule has 2 heterocycles. The van der Waals surface area contributed by atoms with Crippen LogP contribution in [0.1, 0.15) is 43.7 Å². The molecule has 158 valence electrons. The zero-order chi connectivity index (χ0) is 20.5. The first-order chi connectivity index (χ1) is 14.5. The van der Waals surface area contributed by atoms with Gasteiger partial charge in [0.05, 0.1) is 11.3 Å². The summed E-state index contributed by atoms with van der Waals surface area (Å²) >= 11 is 0. The molecule has 7 aliphatic rings. The largest absolute Gasteiger partial charge is 0.504 e. The van der Waals surface area contributed by atoms with Crippen LogP contribution in [0.5, 0.6) is 11.5 Å². The van der Waals surface area contributed by atoms with Gasteiger partial charge in [0.2, 0.25) is 0 Å². The summed E-state index contributed by atoms with van der Waals surface area (Å²) in [6.45, 7) is 3.92. The lowest BCUT2D eigenvalue weighted by atomic mass is 9.37. The third-order valence-electron chi connectivity index (χ3n) is 9.60. The SMILES string of the molecule is CO[C@]12C=C[C@@]3(C[C@H]1C(C)=O)C1Cc4ccc(O)c5c4[C@@]3(CCN1CC1CC1)[C@H]2O5. The maximum atomic E-state index is 12.9. The summed E-state index contributed by atoms with van der Waals surface area (Å²) < 4.78 is 12.8. The fourth-order valence-corrected chi connectivity index (χ4v) is 8.24. The minimum atomic E-state index is -0.767. The molecule has 5 aliphatic carbocycles. The highest BCUT2D eigenvalue weighted by Crippen LogP contribution is 2.74. The average molecular weight is 408 g/mol. The van der Waals surface area contributed by atoms with Gasteiger partial charge in [-0.1, -0.05) is 18.2 Å². The molecule has 8 rings (SSSR count). The minimum absolute atomic E-state index is 0.145. The molecule has 5 heteroatoms. The Balaban J connectivity index is 1.51. The first kappa shape index (κ1) is 17.8. The lowest BCUT2D eigenvalue weighted by Gasteiger charge is -2.71. The normalized spacial score (nSPS) is 44.7. The van der Waals surface area contributed by atoms with Gasteiger partial charge in [0.15, 0.2) is 11.5 Å². The number of methoxy groups -OCH3 is 1. The molecule has 1 aromatic rings. The van der Waals surface area contributed by atoms with E-state index < -0.39 is 5.60 Å². The van der Waals surface area contributed by atoms with Crippen LogP contribution in [0.25, 0.3) is 0 Å². The third-order valence-corrected chi connectivity index (χ3v) is 9.60. The monoisotopic (exact) mass is 407 g/mol. The van der Waals surface area contributed by atoms with E-state index in [4.69, 9.17) is 9.47 Å². The van der Waals surface area contributed by atoms with Gasteiger partial charge in [-0.2, -0.15) is 0 Å². The first-order valence-corrected chi connectivity index (χ1v) is 11.5. The Kier molecular flexibility index (Phi) is 3.15. The Morgan fingerprint density at radius 2 is 2.17 bits per heavy atom. The molecule has 2 spiro atoms. The predicted octanol–water partition coefficient (Wildman–Crippen LogP) is 2.98. The van der Waals surface area contributed by atoms with Crippen LogP contribution in [0.3, 0.4) is 0 Å². The maximum Gasteiger partial charge on any atom is 0.165 e. The number of likely N-dealkylation sites (tertiary alicyclic amines) is 1. The number of piperidine rings is 1. The van der Waals surface area contributed by atoms with Crippen molar-refractivity contribution in [2.45, 2.75) is 62.2 Å². The van der Waals surface area contributed by atoms with Gasteiger partial charge in [0.25, 0.3) is 0 Å². The molecule has 2 saturated carbocycles. The van der Waals surface area contributed by atoms with Gasteiger partial charge in [-0.3, -0.25) is 9.69 Å². The lowest BCUT2D eigenvalue weighted by molar-refractivity contribution is -0.214. The van der Waals surface area contributed by atoms with Gasteiger partial charge in [0.1, 0.15) is 17.5 Å². The lowest BCUT2D eigenvalue weighted by Crippen LogP contribution is -2.79. The summed E-state index contributed by atoms with van der Waals surface area (Å²) in [6.07, 6.45) is 9.75. The van der Waals surface area contributed by atoms with Gasteiger partial charge in [-0.15, -0.1) is 0 Å². The topological polar surface area (TPSA) is 59.0 Å². The van der Waals surface area contributed by atoms with Gasteiger partial charge >= 0.3 is 0 Å². The number of aromatic hydroxyl groups is 1. The van der Waals surface area contributed by atoms with Crippen LogP contribution in [-0.4, -0.2) is 53.7 Å². The van der Waals surface area contributed by atoms with E-state index in [1.54, 1.807) is 20.1 Å². The Morgan fingerprint density at radius 1 is 1.33 bits per heavy atom. The summed E-state index contributed by atoms with van der Waals surface area (Å²) in [5, 5.41) is 10.7. The second-order valence-corrected chi connectivity index (χ2v) is 10.6. The molecule has 4 bridgehead atoms. The number of ether oxygens (including phenoxy) is 2. The average Bonchev–Trinajstić information content (AvgIpc) is 3.48. The van der Waals surface area contributed by atoms with Crippen molar-refractivity contribution in [2.75, 3.05) is 20.2 Å². The van der Waals surface area contributed by atoms with E-state index in [0.717, 1.165) is 31.7 Å². The summed E-state index contributed by atoms with van der Waals surface area (Å²) in [5.74, 6) is 1.66. The molecule has 1 saturated heterocycles. The van der Waals surface area contributed by atoms with Crippen LogP contribution >= 0.6 is 0 Å². The van der Waals surface area contributed by atoms with Crippen molar-refractivity contribution in [1.82, 2.24) is 4.90 Å². The Morgan fingerprint density at radius 3 is 2.90 bits per heavy atom. The van der Waals surface area contributed by atoms with Crippen LogP contribution in [-0.2, 0) is 21.4 Å². The van der Waals surface area contributed by atoms with Crippen LogP contribution in [0.15, 0.2) is 24.3 Å². The van der Waals surface area contributed by atoms with E-state index in [2.05, 4.69) is 23.1 Å². The number of carbonyl (C=O) groups excluding carboxylic acids is 1. The fourth-order valence-electron chi connectivity index (χ4n) is 8.24. The summed E-state index contributed by atoms with van der Waals surface area (Å²) in [4.78, 5) is 15.6. The van der Waals surface area contributed by atoms with E-state index in [1.807, 2.05) is 0 Å². The van der Waals surface area contributed by atoms with Gasteiger partial charge in [0, 0.05) is 30.7 Å². The number of carbonyl (C=O) groups is 1. The molecule has 3 fully saturated rings. The fraction of sp³-hybridized carbons (Fsp3) is 0.640. The maximum absolute atomic E-state index is 12.9. The molecule has 0 radical (unpaired) electrons. The summed E-state index contributed by atoms with van der Waals surface area (Å²) in [6, 6.07) is 4.27. The number of ketones is 1. The quantitative estimate of drug-likeness (QED) is 0.778. The molecular weight excluding hydrogens is 378 g/mol. The minimum Gasteiger partial charge on any atom is -0.504 e. The molecule has 1 unspecified atom stereocenters. The molecule has 1 N–H and O–H groups in total. The Bertz CT molecular complexity index is 1010. The predicted molar refractivity (Wildman–Crippen MR) is 111 cm³/mol. The molecule has 0 aromatic heterocycles. The highest BCUT2D eigenvalue weighted by molar-refractivity contribution is 5.82. The smallest absolute Gasteiger partial charge is 0.165 e. The van der Waals surface area contributed by atoms with Crippen LogP contribution in [0.2, 0.25) is 0 Å². The summed E-state index contributed by atoms with van der Waals surface area (Å²) in [7, 11) is 1.71. The molecule has 6 atom stereocenters. The third kappa shape index (κ3) is 1.72. The number of phenolic OH excluding ortho intramolecular Hbond substituents is 1. The number of nitrogens with zero attached hydrogens (tertiary/aromatic N) is 1. The number of rotatable bonds is 4. The number of benzene rings is 1. The van der Waals surface area contributed by atoms with Crippen LogP contribution < -0.4 is 4.74 Å². The Hall–Kier alpha value is -1.85. The number of Topliss-reactive ketones (excluding diaryl/α,β-unsaturated/α-hetero) is 1. The number of phenols is 1. The second-order valence-electron chi connectivity index (χ2n) is 10.6. The zero-order valence-electron chi connectivity index (χ0n) is 17.7. The van der Waals surface area contributed by atoms with Crippen molar-refractivity contribution in [2.24, 2.45) is 17.3 Å². The molecule has 2 aliphatic heterocycles. The first-order valence-electron chi connectivity index (χ1n) is 11.5.